The number of amides is 1. The van der Waals surface area contributed by atoms with Gasteiger partial charge in [-0.3, -0.25) is 4.79 Å². The van der Waals surface area contributed by atoms with Gasteiger partial charge < -0.3 is 15.4 Å². The second-order valence-corrected chi connectivity index (χ2v) is 5.90. The van der Waals surface area contributed by atoms with Crippen molar-refractivity contribution < 1.29 is 9.53 Å². The molecule has 3 rings (SSSR count). The standard InChI is InChI=1S/C22H22N2O2/c1-2-17-8-10-20(11-9-17)24-22(25)16-26-21-14-12-19(13-15-21)23-18-6-4-3-5-7-18/h3-15,23H,2,16H2,1H3,(H,24,25). The van der Waals surface area contributed by atoms with Crippen LogP contribution in [0.4, 0.5) is 17.1 Å². The highest BCUT2D eigenvalue weighted by Crippen LogP contribution is 2.20. The summed E-state index contributed by atoms with van der Waals surface area (Å²) in [5, 5.41) is 6.13. The number of hydrogen-bond donors (Lipinski definition) is 2. The second kappa shape index (κ2) is 8.72. The lowest BCUT2D eigenvalue weighted by atomic mass is 10.1. The number of aryl methyl sites for hydroxylation is 1. The number of ether oxygens (including phenoxy) is 1. The number of carbonyl (C=O) groups excluding carboxylic acids is 1. The van der Waals surface area contributed by atoms with Crippen LogP contribution in [0.2, 0.25) is 0 Å². The molecule has 132 valence electrons. The van der Waals surface area contributed by atoms with Crippen molar-refractivity contribution in [2.45, 2.75) is 13.3 Å². The molecule has 0 aliphatic rings. The van der Waals surface area contributed by atoms with Crippen LogP contribution in [-0.2, 0) is 11.2 Å². The summed E-state index contributed by atoms with van der Waals surface area (Å²) in [7, 11) is 0. The van der Waals surface area contributed by atoms with Gasteiger partial charge in [-0.05, 0) is 60.5 Å². The lowest BCUT2D eigenvalue weighted by molar-refractivity contribution is -0.118. The van der Waals surface area contributed by atoms with Crippen LogP contribution in [0.25, 0.3) is 0 Å². The van der Waals surface area contributed by atoms with Crippen LogP contribution in [0, 0.1) is 0 Å². The quantitative estimate of drug-likeness (QED) is 0.632. The normalized spacial score (nSPS) is 10.2. The van der Waals surface area contributed by atoms with Crippen LogP contribution in [0.5, 0.6) is 5.75 Å². The van der Waals surface area contributed by atoms with Crippen LogP contribution in [0.1, 0.15) is 12.5 Å². The van der Waals surface area contributed by atoms with Gasteiger partial charge in [-0.2, -0.15) is 0 Å². The SMILES string of the molecule is CCc1ccc(NC(=O)COc2ccc(Nc3ccccc3)cc2)cc1. The molecule has 0 atom stereocenters. The van der Waals surface area contributed by atoms with Gasteiger partial charge >= 0.3 is 0 Å². The van der Waals surface area contributed by atoms with Gasteiger partial charge in [0.1, 0.15) is 5.75 Å². The molecular weight excluding hydrogens is 324 g/mol. The summed E-state index contributed by atoms with van der Waals surface area (Å²) in [6.45, 7) is 2.07. The molecule has 0 aliphatic heterocycles. The molecule has 0 saturated heterocycles. The van der Waals surface area contributed by atoms with E-state index in [2.05, 4.69) is 17.6 Å². The molecule has 26 heavy (non-hydrogen) atoms. The van der Waals surface area contributed by atoms with Crippen molar-refractivity contribution in [3.8, 4) is 5.75 Å². The molecule has 0 spiro atoms. The third kappa shape index (κ3) is 5.11. The first-order valence-corrected chi connectivity index (χ1v) is 8.66. The predicted octanol–water partition coefficient (Wildman–Crippen LogP) is 5.01. The Morgan fingerprint density at radius 1 is 0.808 bits per heavy atom. The molecular formula is C22H22N2O2. The first kappa shape index (κ1) is 17.5. The van der Waals surface area contributed by atoms with Crippen LogP contribution >= 0.6 is 0 Å². The molecule has 0 heterocycles. The van der Waals surface area contributed by atoms with Crippen molar-refractivity contribution in [2.24, 2.45) is 0 Å². The van der Waals surface area contributed by atoms with Crippen molar-refractivity contribution in [1.29, 1.82) is 0 Å². The highest BCUT2D eigenvalue weighted by molar-refractivity contribution is 5.91. The highest BCUT2D eigenvalue weighted by Gasteiger charge is 2.04. The van der Waals surface area contributed by atoms with E-state index in [-0.39, 0.29) is 12.5 Å². The molecule has 1 amide bonds. The lowest BCUT2D eigenvalue weighted by Crippen LogP contribution is -2.20. The molecule has 0 radical (unpaired) electrons. The molecule has 3 aromatic rings. The summed E-state index contributed by atoms with van der Waals surface area (Å²) in [5.74, 6) is 0.473. The summed E-state index contributed by atoms with van der Waals surface area (Å²) in [6.07, 6.45) is 0.979. The Morgan fingerprint density at radius 3 is 2.08 bits per heavy atom. The summed E-state index contributed by atoms with van der Waals surface area (Å²) in [5.41, 5.74) is 4.00. The van der Waals surface area contributed by atoms with Crippen molar-refractivity contribution in [2.75, 3.05) is 17.2 Å². The molecule has 0 unspecified atom stereocenters. The van der Waals surface area contributed by atoms with E-state index in [9.17, 15) is 4.79 Å². The van der Waals surface area contributed by atoms with Crippen molar-refractivity contribution in [1.82, 2.24) is 0 Å². The minimum absolute atomic E-state index is 0.0268. The molecule has 0 aromatic heterocycles. The zero-order valence-corrected chi connectivity index (χ0v) is 14.7. The van der Waals surface area contributed by atoms with Crippen molar-refractivity contribution >= 4 is 23.0 Å². The molecule has 0 saturated carbocycles. The van der Waals surface area contributed by atoms with Crippen molar-refractivity contribution in [3.05, 3.63) is 84.4 Å². The number of para-hydroxylation sites is 1. The van der Waals surface area contributed by atoms with E-state index in [0.29, 0.717) is 5.75 Å². The van der Waals surface area contributed by atoms with Crippen LogP contribution < -0.4 is 15.4 Å². The number of nitrogens with one attached hydrogen (secondary N) is 2. The fraction of sp³-hybridized carbons (Fsp3) is 0.136. The van der Waals surface area contributed by atoms with Gasteiger partial charge in [-0.25, -0.2) is 0 Å². The molecule has 3 aromatic carbocycles. The maximum absolute atomic E-state index is 12.0. The van der Waals surface area contributed by atoms with Gasteiger partial charge in [0.15, 0.2) is 6.61 Å². The third-order valence-corrected chi connectivity index (χ3v) is 3.93. The zero-order chi connectivity index (χ0) is 18.2. The first-order valence-electron chi connectivity index (χ1n) is 8.66. The summed E-state index contributed by atoms with van der Waals surface area (Å²) in [6, 6.07) is 25.3. The van der Waals surface area contributed by atoms with E-state index in [4.69, 9.17) is 4.74 Å². The van der Waals surface area contributed by atoms with Crippen LogP contribution in [0.15, 0.2) is 78.9 Å². The third-order valence-electron chi connectivity index (χ3n) is 3.93. The van der Waals surface area contributed by atoms with Crippen LogP contribution in [0.3, 0.4) is 0 Å². The Kier molecular flexibility index (Phi) is 5.88. The van der Waals surface area contributed by atoms with Gasteiger partial charge in [-0.1, -0.05) is 37.3 Å². The second-order valence-electron chi connectivity index (χ2n) is 5.90. The Labute approximate surface area is 153 Å². The topological polar surface area (TPSA) is 50.4 Å². The van der Waals surface area contributed by atoms with E-state index in [1.807, 2.05) is 78.9 Å². The van der Waals surface area contributed by atoms with E-state index >= 15 is 0 Å². The summed E-state index contributed by atoms with van der Waals surface area (Å²) in [4.78, 5) is 12.0. The largest absolute Gasteiger partial charge is 0.484 e. The van der Waals surface area contributed by atoms with E-state index in [0.717, 1.165) is 23.5 Å². The number of rotatable bonds is 7. The first-order chi connectivity index (χ1) is 12.7. The molecule has 0 fully saturated rings. The molecule has 2 N–H and O–H groups in total. The highest BCUT2D eigenvalue weighted by atomic mass is 16.5. The summed E-state index contributed by atoms with van der Waals surface area (Å²) < 4.78 is 5.55. The van der Waals surface area contributed by atoms with Gasteiger partial charge in [-0.15, -0.1) is 0 Å². The Bertz CT molecular complexity index is 828. The maximum Gasteiger partial charge on any atom is 0.262 e. The molecule has 0 aliphatic carbocycles. The van der Waals surface area contributed by atoms with Gasteiger partial charge in [0.25, 0.3) is 5.91 Å². The lowest BCUT2D eigenvalue weighted by Gasteiger charge is -2.10. The molecule has 4 heteroatoms. The minimum Gasteiger partial charge on any atom is -0.484 e. The van der Waals surface area contributed by atoms with Crippen LogP contribution in [-0.4, -0.2) is 12.5 Å². The number of anilines is 3. The van der Waals surface area contributed by atoms with Gasteiger partial charge in [0, 0.05) is 17.1 Å². The number of hydrogen-bond acceptors (Lipinski definition) is 3. The number of benzene rings is 3. The Balaban J connectivity index is 1.48. The number of carbonyl (C=O) groups is 1. The van der Waals surface area contributed by atoms with Gasteiger partial charge in [0.05, 0.1) is 0 Å². The smallest absolute Gasteiger partial charge is 0.262 e. The fourth-order valence-electron chi connectivity index (χ4n) is 2.49. The molecule has 0 bridgehead atoms. The summed E-state index contributed by atoms with van der Waals surface area (Å²) >= 11 is 0. The Hall–Kier alpha value is -3.27. The zero-order valence-electron chi connectivity index (χ0n) is 14.7. The average molecular weight is 346 g/mol. The van der Waals surface area contributed by atoms with E-state index in [1.54, 1.807) is 0 Å². The minimum atomic E-state index is -0.180. The Morgan fingerprint density at radius 2 is 1.42 bits per heavy atom. The molecule has 4 nitrogen and oxygen atoms in total. The van der Waals surface area contributed by atoms with E-state index < -0.39 is 0 Å². The fourth-order valence-corrected chi connectivity index (χ4v) is 2.49. The van der Waals surface area contributed by atoms with E-state index in [1.165, 1.54) is 5.56 Å². The van der Waals surface area contributed by atoms with Gasteiger partial charge in [0.2, 0.25) is 0 Å². The van der Waals surface area contributed by atoms with Crippen molar-refractivity contribution in [3.63, 3.8) is 0 Å². The maximum atomic E-state index is 12.0. The average Bonchev–Trinajstić information content (AvgIpc) is 2.69. The predicted molar refractivity (Wildman–Crippen MR) is 106 cm³/mol. The monoisotopic (exact) mass is 346 g/mol.